The number of nitrogens with zero attached hydrogens (tertiary/aromatic N) is 2. The van der Waals surface area contributed by atoms with E-state index in [1.54, 1.807) is 10.7 Å². The molecule has 0 aliphatic heterocycles. The summed E-state index contributed by atoms with van der Waals surface area (Å²) < 4.78 is 1.77. The number of amides is 1. The van der Waals surface area contributed by atoms with Gasteiger partial charge in [0.25, 0.3) is 0 Å². The van der Waals surface area contributed by atoms with Crippen LogP contribution in [0.5, 0.6) is 0 Å². The Morgan fingerprint density at radius 1 is 1.19 bits per heavy atom. The highest BCUT2D eigenvalue weighted by atomic mass is 16.4. The molecule has 4 rings (SSSR count). The monoisotopic (exact) mass is 351 g/mol. The summed E-state index contributed by atoms with van der Waals surface area (Å²) in [5, 5.41) is 16.7. The molecule has 1 heterocycles. The number of aryl methyl sites for hydroxylation is 1. The van der Waals surface area contributed by atoms with E-state index in [1.807, 2.05) is 36.5 Å². The van der Waals surface area contributed by atoms with Gasteiger partial charge >= 0.3 is 5.97 Å². The van der Waals surface area contributed by atoms with Gasteiger partial charge in [0.05, 0.1) is 18.4 Å². The van der Waals surface area contributed by atoms with E-state index >= 15 is 0 Å². The van der Waals surface area contributed by atoms with Crippen LogP contribution in [0.25, 0.3) is 0 Å². The predicted molar refractivity (Wildman–Crippen MR) is 96.5 cm³/mol. The quantitative estimate of drug-likeness (QED) is 0.811. The van der Waals surface area contributed by atoms with E-state index in [0.29, 0.717) is 12.4 Å². The van der Waals surface area contributed by atoms with Crippen molar-refractivity contribution in [1.29, 1.82) is 0 Å². The van der Waals surface area contributed by atoms with E-state index in [4.69, 9.17) is 0 Å². The zero-order valence-electron chi connectivity index (χ0n) is 14.5. The van der Waals surface area contributed by atoms with Crippen molar-refractivity contribution in [2.45, 2.75) is 19.9 Å². The van der Waals surface area contributed by atoms with Crippen molar-refractivity contribution in [3.8, 4) is 0 Å². The Kier molecular flexibility index (Phi) is 4.11. The summed E-state index contributed by atoms with van der Waals surface area (Å²) in [5.74, 6) is -1.88. The number of anilines is 1. The first-order valence-electron chi connectivity index (χ1n) is 8.83. The summed E-state index contributed by atoms with van der Waals surface area (Å²) >= 11 is 0. The van der Waals surface area contributed by atoms with Gasteiger partial charge in [-0.2, -0.15) is 5.10 Å². The second-order valence-electron chi connectivity index (χ2n) is 7.15. The molecular weight excluding hydrogens is 330 g/mol. The molecule has 1 aromatic heterocycles. The molecule has 1 saturated carbocycles. The predicted octanol–water partition coefficient (Wildman–Crippen LogP) is 2.70. The minimum Gasteiger partial charge on any atom is -0.481 e. The average molecular weight is 351 g/mol. The van der Waals surface area contributed by atoms with Crippen LogP contribution in [-0.2, 0) is 16.1 Å². The van der Waals surface area contributed by atoms with Crippen LogP contribution < -0.4 is 5.32 Å². The number of aromatic nitrogens is 2. The molecule has 0 saturated heterocycles. The highest BCUT2D eigenvalue weighted by molar-refractivity contribution is 5.95. The van der Waals surface area contributed by atoms with Crippen molar-refractivity contribution >= 4 is 17.7 Å². The van der Waals surface area contributed by atoms with E-state index < -0.39 is 17.8 Å². The molecule has 0 spiro atoms. The summed E-state index contributed by atoms with van der Waals surface area (Å²) in [6.07, 6.45) is 6.48. The SMILES string of the molecule is Cc1ccccc1Cn1ccc(NC(=O)[C@@H]2[C@@H](C(=O)O)[C@H]3C=C[C@@H]2C3)n1. The Morgan fingerprint density at radius 3 is 2.65 bits per heavy atom. The van der Waals surface area contributed by atoms with Crippen LogP contribution in [0.15, 0.2) is 48.7 Å². The molecule has 2 N–H and O–H groups in total. The first kappa shape index (κ1) is 16.6. The fourth-order valence-corrected chi connectivity index (χ4v) is 4.20. The molecule has 2 aliphatic rings. The van der Waals surface area contributed by atoms with Crippen LogP contribution in [0, 0.1) is 30.6 Å². The maximum absolute atomic E-state index is 12.7. The normalized spacial score (nSPS) is 26.2. The lowest BCUT2D eigenvalue weighted by Crippen LogP contribution is -2.36. The molecule has 0 unspecified atom stereocenters. The van der Waals surface area contributed by atoms with Crippen LogP contribution >= 0.6 is 0 Å². The van der Waals surface area contributed by atoms with Gasteiger partial charge in [-0.1, -0.05) is 36.4 Å². The number of aliphatic carboxylic acids is 1. The molecule has 134 valence electrons. The molecule has 1 amide bonds. The maximum Gasteiger partial charge on any atom is 0.307 e. The second kappa shape index (κ2) is 6.44. The second-order valence-corrected chi connectivity index (χ2v) is 7.15. The lowest BCUT2D eigenvalue weighted by atomic mass is 9.82. The first-order chi connectivity index (χ1) is 12.5. The fraction of sp³-hybridized carbons (Fsp3) is 0.350. The lowest BCUT2D eigenvalue weighted by Gasteiger charge is -2.23. The van der Waals surface area contributed by atoms with E-state index in [-0.39, 0.29) is 17.7 Å². The number of nitrogens with one attached hydrogen (secondary N) is 1. The molecule has 0 radical (unpaired) electrons. The molecule has 2 bridgehead atoms. The van der Waals surface area contributed by atoms with Crippen molar-refractivity contribution in [2.75, 3.05) is 5.32 Å². The van der Waals surface area contributed by atoms with Gasteiger partial charge < -0.3 is 10.4 Å². The number of fused-ring (bicyclic) bond motifs is 2. The number of carboxylic acid groups (broad SMARTS) is 1. The third-order valence-electron chi connectivity index (χ3n) is 5.53. The zero-order valence-corrected chi connectivity index (χ0v) is 14.5. The van der Waals surface area contributed by atoms with Crippen molar-refractivity contribution in [3.05, 3.63) is 59.8 Å². The molecule has 26 heavy (non-hydrogen) atoms. The Labute approximate surface area is 151 Å². The van der Waals surface area contributed by atoms with Gasteiger partial charge in [-0.3, -0.25) is 14.3 Å². The van der Waals surface area contributed by atoms with Crippen molar-refractivity contribution in [3.63, 3.8) is 0 Å². The average Bonchev–Trinajstić information content (AvgIpc) is 3.32. The number of benzene rings is 1. The number of carbonyl (C=O) groups is 2. The van der Waals surface area contributed by atoms with Gasteiger partial charge in [-0.15, -0.1) is 0 Å². The van der Waals surface area contributed by atoms with Crippen LogP contribution in [0.2, 0.25) is 0 Å². The van der Waals surface area contributed by atoms with Gasteiger partial charge in [0, 0.05) is 12.3 Å². The summed E-state index contributed by atoms with van der Waals surface area (Å²) in [5.41, 5.74) is 2.35. The molecule has 2 aromatic rings. The van der Waals surface area contributed by atoms with Crippen molar-refractivity contribution < 1.29 is 14.7 Å². The van der Waals surface area contributed by atoms with E-state index in [9.17, 15) is 14.7 Å². The van der Waals surface area contributed by atoms with Gasteiger partial charge in [-0.25, -0.2) is 0 Å². The van der Waals surface area contributed by atoms with Crippen molar-refractivity contribution in [2.24, 2.45) is 23.7 Å². The number of hydrogen-bond donors (Lipinski definition) is 2. The van der Waals surface area contributed by atoms with Gasteiger partial charge in [0.2, 0.25) is 5.91 Å². The Bertz CT molecular complexity index is 886. The number of allylic oxidation sites excluding steroid dienone is 2. The fourth-order valence-electron chi connectivity index (χ4n) is 4.20. The molecule has 1 fully saturated rings. The van der Waals surface area contributed by atoms with Crippen LogP contribution in [0.4, 0.5) is 5.82 Å². The summed E-state index contributed by atoms with van der Waals surface area (Å²) in [7, 11) is 0. The van der Waals surface area contributed by atoms with Crippen LogP contribution in [0.3, 0.4) is 0 Å². The summed E-state index contributed by atoms with van der Waals surface area (Å²) in [4.78, 5) is 24.2. The van der Waals surface area contributed by atoms with Gasteiger partial charge in [0.1, 0.15) is 0 Å². The first-order valence-corrected chi connectivity index (χ1v) is 8.83. The zero-order chi connectivity index (χ0) is 18.3. The molecular formula is C20H21N3O3. The minimum atomic E-state index is -0.896. The molecule has 6 heteroatoms. The van der Waals surface area contributed by atoms with Gasteiger partial charge in [0.15, 0.2) is 5.82 Å². The maximum atomic E-state index is 12.7. The highest BCUT2D eigenvalue weighted by Gasteiger charge is 2.51. The summed E-state index contributed by atoms with van der Waals surface area (Å²) in [6.45, 7) is 2.67. The number of carboxylic acids is 1. The molecule has 6 nitrogen and oxygen atoms in total. The van der Waals surface area contributed by atoms with E-state index in [0.717, 1.165) is 12.0 Å². The van der Waals surface area contributed by atoms with E-state index in [1.165, 1.54) is 5.56 Å². The molecule has 1 aromatic carbocycles. The Hall–Kier alpha value is -2.89. The van der Waals surface area contributed by atoms with Gasteiger partial charge in [-0.05, 0) is 36.3 Å². The molecule has 4 atom stereocenters. The minimum absolute atomic E-state index is 0.00940. The smallest absolute Gasteiger partial charge is 0.307 e. The topological polar surface area (TPSA) is 84.2 Å². The van der Waals surface area contributed by atoms with Crippen LogP contribution in [-0.4, -0.2) is 26.8 Å². The number of carbonyl (C=O) groups excluding carboxylic acids is 1. The number of rotatable bonds is 5. The molecule has 2 aliphatic carbocycles. The van der Waals surface area contributed by atoms with Crippen molar-refractivity contribution in [1.82, 2.24) is 9.78 Å². The summed E-state index contributed by atoms with van der Waals surface area (Å²) in [6, 6.07) is 9.83. The largest absolute Gasteiger partial charge is 0.481 e. The third-order valence-corrected chi connectivity index (χ3v) is 5.53. The van der Waals surface area contributed by atoms with E-state index in [2.05, 4.69) is 23.4 Å². The van der Waals surface area contributed by atoms with Crippen LogP contribution in [0.1, 0.15) is 17.5 Å². The lowest BCUT2D eigenvalue weighted by molar-refractivity contribution is -0.146. The highest BCUT2D eigenvalue weighted by Crippen LogP contribution is 2.48. The number of hydrogen-bond acceptors (Lipinski definition) is 3. The Morgan fingerprint density at radius 2 is 1.92 bits per heavy atom. The standard InChI is InChI=1S/C20H21N3O3/c1-12-4-2-3-5-15(12)11-23-9-8-16(22-23)21-19(24)17-13-6-7-14(10-13)18(17)20(25)26/h2-9,13-14,17-18H,10-11H2,1H3,(H,25,26)(H,21,22,24)/t13-,14+,17+,18+/m1/s1. The third kappa shape index (κ3) is 2.92. The Balaban J connectivity index is 1.46.